The van der Waals surface area contributed by atoms with E-state index in [-0.39, 0.29) is 29.5 Å². The smallest absolute Gasteiger partial charge is 0.309 e. The van der Waals surface area contributed by atoms with E-state index < -0.39 is 23.8 Å². The van der Waals surface area contributed by atoms with Crippen LogP contribution in [0.2, 0.25) is 0 Å². The Bertz CT molecular complexity index is 1070. The van der Waals surface area contributed by atoms with Crippen LogP contribution in [0.15, 0.2) is 72.9 Å². The second-order valence-corrected chi connectivity index (χ2v) is 8.09. The fourth-order valence-electron chi connectivity index (χ4n) is 3.77. The molecule has 3 atom stereocenters. The topological polar surface area (TPSA) is 85.7 Å². The van der Waals surface area contributed by atoms with Gasteiger partial charge < -0.3 is 14.6 Å². The first-order valence-corrected chi connectivity index (χ1v) is 10.9. The summed E-state index contributed by atoms with van der Waals surface area (Å²) < 4.78 is 10.8. The van der Waals surface area contributed by atoms with Crippen LogP contribution in [0.4, 0.5) is 0 Å². The lowest BCUT2D eigenvalue weighted by Gasteiger charge is -2.26. The SMILES string of the molecule is COc1ccnc(C(=O)C[C@@H](C)C(=O)O[C@@H](C)[C@H](Cc2ccccc2)c2ccccc2)c1O. The molecule has 0 aliphatic heterocycles. The van der Waals surface area contributed by atoms with Crippen molar-refractivity contribution >= 4 is 11.8 Å². The van der Waals surface area contributed by atoms with Gasteiger partial charge in [0.25, 0.3) is 0 Å². The average molecular weight is 448 g/mol. The molecule has 0 saturated carbocycles. The summed E-state index contributed by atoms with van der Waals surface area (Å²) in [5.74, 6) is -1.82. The van der Waals surface area contributed by atoms with Crippen LogP contribution in [0.3, 0.4) is 0 Å². The van der Waals surface area contributed by atoms with Crippen molar-refractivity contribution in [2.24, 2.45) is 5.92 Å². The largest absolute Gasteiger partial charge is 0.503 e. The van der Waals surface area contributed by atoms with Crippen LogP contribution in [0.25, 0.3) is 0 Å². The number of carbonyl (C=O) groups is 2. The third-order valence-electron chi connectivity index (χ3n) is 5.66. The number of pyridine rings is 1. The monoisotopic (exact) mass is 447 g/mol. The van der Waals surface area contributed by atoms with Crippen LogP contribution in [-0.4, -0.2) is 35.1 Å². The number of ether oxygens (including phenoxy) is 2. The third kappa shape index (κ3) is 6.19. The van der Waals surface area contributed by atoms with Crippen molar-refractivity contribution in [3.8, 4) is 11.5 Å². The van der Waals surface area contributed by atoms with Crippen LogP contribution in [0.5, 0.6) is 11.5 Å². The number of hydrogen-bond donors (Lipinski definition) is 1. The van der Waals surface area contributed by atoms with Gasteiger partial charge in [0.2, 0.25) is 0 Å². The predicted octanol–water partition coefficient (Wildman–Crippen LogP) is 4.96. The lowest BCUT2D eigenvalue weighted by atomic mass is 9.88. The molecule has 33 heavy (non-hydrogen) atoms. The Balaban J connectivity index is 1.69. The highest BCUT2D eigenvalue weighted by Crippen LogP contribution is 2.30. The number of hydrogen-bond acceptors (Lipinski definition) is 6. The third-order valence-corrected chi connectivity index (χ3v) is 5.66. The Labute approximate surface area is 194 Å². The predicted molar refractivity (Wildman–Crippen MR) is 125 cm³/mol. The van der Waals surface area contributed by atoms with Crippen molar-refractivity contribution in [2.45, 2.75) is 38.7 Å². The summed E-state index contributed by atoms with van der Waals surface area (Å²) in [6, 6.07) is 21.5. The highest BCUT2D eigenvalue weighted by molar-refractivity contribution is 5.99. The molecule has 1 aromatic heterocycles. The van der Waals surface area contributed by atoms with E-state index in [1.54, 1.807) is 6.92 Å². The van der Waals surface area contributed by atoms with Crippen molar-refractivity contribution in [3.05, 3.63) is 89.7 Å². The van der Waals surface area contributed by atoms with Crippen molar-refractivity contribution in [3.63, 3.8) is 0 Å². The quantitative estimate of drug-likeness (QED) is 0.349. The van der Waals surface area contributed by atoms with Crippen LogP contribution < -0.4 is 4.74 Å². The molecule has 3 rings (SSSR count). The van der Waals surface area contributed by atoms with Gasteiger partial charge in [-0.15, -0.1) is 0 Å². The number of benzene rings is 2. The van der Waals surface area contributed by atoms with Crippen molar-refractivity contribution < 1.29 is 24.2 Å². The number of esters is 1. The summed E-state index contributed by atoms with van der Waals surface area (Å²) in [6.45, 7) is 3.52. The van der Waals surface area contributed by atoms with Gasteiger partial charge in [-0.2, -0.15) is 0 Å². The van der Waals surface area contributed by atoms with Crippen LogP contribution in [0.1, 0.15) is 47.8 Å². The molecule has 0 spiro atoms. The van der Waals surface area contributed by atoms with E-state index >= 15 is 0 Å². The van der Waals surface area contributed by atoms with E-state index in [1.165, 1.54) is 19.4 Å². The molecule has 0 aliphatic rings. The van der Waals surface area contributed by atoms with Crippen LogP contribution in [0, 0.1) is 5.92 Å². The number of ketones is 1. The molecule has 0 amide bonds. The number of methoxy groups -OCH3 is 1. The Kier molecular flexibility index (Phi) is 8.19. The standard InChI is InChI=1S/C27H29NO5/c1-18(16-23(29)25-26(30)24(32-3)14-15-28-25)27(31)33-19(2)22(21-12-8-5-9-13-21)17-20-10-6-4-7-11-20/h4-15,18-19,22,30H,16-17H2,1-3H3/t18-,19+,22+/m1/s1. The summed E-state index contributed by atoms with van der Waals surface area (Å²) >= 11 is 0. The highest BCUT2D eigenvalue weighted by Gasteiger charge is 2.28. The van der Waals surface area contributed by atoms with E-state index in [1.807, 2.05) is 55.5 Å². The first kappa shape index (κ1) is 24.0. The average Bonchev–Trinajstić information content (AvgIpc) is 2.83. The summed E-state index contributed by atoms with van der Waals surface area (Å²) in [5, 5.41) is 10.2. The molecule has 0 unspecified atom stereocenters. The molecule has 0 fully saturated rings. The summed E-state index contributed by atoms with van der Waals surface area (Å²) in [6.07, 6.45) is 1.56. The maximum absolute atomic E-state index is 12.8. The van der Waals surface area contributed by atoms with E-state index in [0.29, 0.717) is 6.42 Å². The molecule has 0 radical (unpaired) electrons. The second-order valence-electron chi connectivity index (χ2n) is 8.09. The molecule has 1 heterocycles. The van der Waals surface area contributed by atoms with Crippen molar-refractivity contribution in [1.29, 1.82) is 0 Å². The Morgan fingerprint density at radius 2 is 1.61 bits per heavy atom. The first-order valence-electron chi connectivity index (χ1n) is 10.9. The van der Waals surface area contributed by atoms with Gasteiger partial charge in [0, 0.05) is 24.6 Å². The minimum Gasteiger partial charge on any atom is -0.503 e. The van der Waals surface area contributed by atoms with Gasteiger partial charge in [-0.05, 0) is 24.5 Å². The maximum atomic E-state index is 12.8. The lowest BCUT2D eigenvalue weighted by molar-refractivity contribution is -0.153. The van der Waals surface area contributed by atoms with Gasteiger partial charge in [0.1, 0.15) is 6.10 Å². The molecule has 0 aliphatic carbocycles. The Morgan fingerprint density at radius 3 is 2.24 bits per heavy atom. The van der Waals surface area contributed by atoms with Gasteiger partial charge in [0.15, 0.2) is 23.0 Å². The Morgan fingerprint density at radius 1 is 0.970 bits per heavy atom. The summed E-state index contributed by atoms with van der Waals surface area (Å²) in [5.41, 5.74) is 2.11. The number of nitrogens with zero attached hydrogens (tertiary/aromatic N) is 1. The van der Waals surface area contributed by atoms with Gasteiger partial charge in [-0.1, -0.05) is 67.6 Å². The number of aromatic hydroxyl groups is 1. The maximum Gasteiger partial charge on any atom is 0.309 e. The van der Waals surface area contributed by atoms with Gasteiger partial charge in [-0.3, -0.25) is 9.59 Å². The zero-order valence-corrected chi connectivity index (χ0v) is 19.1. The molecule has 6 nitrogen and oxygen atoms in total. The molecular weight excluding hydrogens is 418 g/mol. The fraction of sp³-hybridized carbons (Fsp3) is 0.296. The van der Waals surface area contributed by atoms with Crippen LogP contribution in [-0.2, 0) is 16.0 Å². The van der Waals surface area contributed by atoms with Crippen molar-refractivity contribution in [2.75, 3.05) is 7.11 Å². The molecular formula is C27H29NO5. The molecule has 1 N–H and O–H groups in total. The van der Waals surface area contributed by atoms with E-state index in [0.717, 1.165) is 11.1 Å². The van der Waals surface area contributed by atoms with Crippen LogP contribution >= 0.6 is 0 Å². The van der Waals surface area contributed by atoms with Gasteiger partial charge in [0.05, 0.1) is 13.0 Å². The number of Topliss-reactive ketones (excluding diaryl/α,β-unsaturated/α-hetero) is 1. The number of carbonyl (C=O) groups excluding carboxylic acids is 2. The Hall–Kier alpha value is -3.67. The van der Waals surface area contributed by atoms with Crippen molar-refractivity contribution in [1.82, 2.24) is 4.98 Å². The molecule has 0 bridgehead atoms. The zero-order valence-electron chi connectivity index (χ0n) is 19.1. The fourth-order valence-corrected chi connectivity index (χ4v) is 3.77. The van der Waals surface area contributed by atoms with E-state index in [9.17, 15) is 14.7 Å². The summed E-state index contributed by atoms with van der Waals surface area (Å²) in [7, 11) is 1.39. The first-order chi connectivity index (χ1) is 15.9. The second kappa shape index (κ2) is 11.3. The minimum atomic E-state index is -0.694. The molecule has 0 saturated heterocycles. The highest BCUT2D eigenvalue weighted by atomic mass is 16.5. The number of rotatable bonds is 10. The molecule has 3 aromatic rings. The van der Waals surface area contributed by atoms with E-state index in [4.69, 9.17) is 9.47 Å². The minimum absolute atomic E-state index is 0.0375. The zero-order chi connectivity index (χ0) is 23.8. The molecule has 6 heteroatoms. The lowest BCUT2D eigenvalue weighted by Crippen LogP contribution is -2.28. The normalized spacial score (nSPS) is 13.5. The van der Waals surface area contributed by atoms with Gasteiger partial charge >= 0.3 is 5.97 Å². The number of aromatic nitrogens is 1. The summed E-state index contributed by atoms with van der Waals surface area (Å²) in [4.78, 5) is 29.4. The molecule has 172 valence electrons. The van der Waals surface area contributed by atoms with E-state index in [2.05, 4.69) is 17.1 Å². The van der Waals surface area contributed by atoms with Gasteiger partial charge in [-0.25, -0.2) is 4.98 Å². The molecule has 2 aromatic carbocycles.